The summed E-state index contributed by atoms with van der Waals surface area (Å²) in [6.07, 6.45) is 0. The Kier molecular flexibility index (Phi) is 7.27. The molecule has 4 nitrogen and oxygen atoms in total. The quantitative estimate of drug-likeness (QED) is 0.484. The zero-order valence-corrected chi connectivity index (χ0v) is 6.64. The lowest BCUT2D eigenvalue weighted by molar-refractivity contribution is 0.140. The SMILES string of the molecule is OCCNO.Oc1ccccc1. The summed E-state index contributed by atoms with van der Waals surface area (Å²) >= 11 is 0. The largest absolute Gasteiger partial charge is 0.508 e. The molecule has 1 aromatic rings. The molecule has 0 bridgehead atoms. The predicted molar refractivity (Wildman–Crippen MR) is 45.0 cm³/mol. The molecule has 4 heteroatoms. The van der Waals surface area contributed by atoms with Crippen LogP contribution in [-0.4, -0.2) is 28.6 Å². The fourth-order valence-corrected chi connectivity index (χ4v) is 0.478. The maximum absolute atomic E-state index is 8.63. The number of hydrogen-bond donors (Lipinski definition) is 4. The van der Waals surface area contributed by atoms with Gasteiger partial charge in [-0.15, -0.1) is 0 Å². The van der Waals surface area contributed by atoms with Crippen LogP contribution in [0.5, 0.6) is 5.75 Å². The standard InChI is InChI=1S/C6H6O.C2H7NO2/c7-6-4-2-1-3-5-6;4-2-1-3-5/h1-5,7H;3-5H,1-2H2. The first-order chi connectivity index (χ1) is 5.81. The number of aliphatic hydroxyl groups is 1. The van der Waals surface area contributed by atoms with Crippen LogP contribution in [-0.2, 0) is 0 Å². The third-order valence-electron chi connectivity index (χ3n) is 0.980. The number of benzene rings is 1. The summed E-state index contributed by atoms with van der Waals surface area (Å²) in [4.78, 5) is 0. The zero-order valence-electron chi connectivity index (χ0n) is 6.64. The molecule has 0 aliphatic heterocycles. The lowest BCUT2D eigenvalue weighted by atomic mass is 10.3. The van der Waals surface area contributed by atoms with E-state index in [-0.39, 0.29) is 13.2 Å². The third-order valence-corrected chi connectivity index (χ3v) is 0.980. The Hall–Kier alpha value is -1.10. The summed E-state index contributed by atoms with van der Waals surface area (Å²) < 4.78 is 0. The summed E-state index contributed by atoms with van der Waals surface area (Å²) in [6, 6.07) is 8.71. The predicted octanol–water partition coefficient (Wildman–Crippen LogP) is 0.350. The summed E-state index contributed by atoms with van der Waals surface area (Å²) in [5.74, 6) is 0.322. The Labute approximate surface area is 71.1 Å². The van der Waals surface area contributed by atoms with Crippen LogP contribution in [0.1, 0.15) is 0 Å². The number of phenols is 1. The fourth-order valence-electron chi connectivity index (χ4n) is 0.478. The average Bonchev–Trinajstić information content (AvgIpc) is 2.08. The molecule has 0 heterocycles. The van der Waals surface area contributed by atoms with Crippen molar-refractivity contribution in [1.29, 1.82) is 0 Å². The summed E-state index contributed by atoms with van der Waals surface area (Å²) in [5, 5.41) is 24.1. The molecule has 0 atom stereocenters. The van der Waals surface area contributed by atoms with E-state index in [1.165, 1.54) is 0 Å². The maximum Gasteiger partial charge on any atom is 0.115 e. The van der Waals surface area contributed by atoms with Crippen molar-refractivity contribution in [2.45, 2.75) is 0 Å². The van der Waals surface area contributed by atoms with Crippen LogP contribution in [0.2, 0.25) is 0 Å². The van der Waals surface area contributed by atoms with Crippen molar-refractivity contribution in [2.24, 2.45) is 0 Å². The average molecular weight is 171 g/mol. The van der Waals surface area contributed by atoms with Crippen LogP contribution in [0.15, 0.2) is 30.3 Å². The Morgan fingerprint density at radius 1 is 1.17 bits per heavy atom. The highest BCUT2D eigenvalue weighted by atomic mass is 16.5. The van der Waals surface area contributed by atoms with Crippen molar-refractivity contribution in [2.75, 3.05) is 13.2 Å². The minimum Gasteiger partial charge on any atom is -0.508 e. The van der Waals surface area contributed by atoms with Gasteiger partial charge >= 0.3 is 0 Å². The molecule has 0 aliphatic rings. The van der Waals surface area contributed by atoms with Gasteiger partial charge in [-0.05, 0) is 12.1 Å². The van der Waals surface area contributed by atoms with Gasteiger partial charge in [0.05, 0.1) is 6.61 Å². The van der Waals surface area contributed by atoms with Crippen molar-refractivity contribution in [3.8, 4) is 5.75 Å². The molecule has 4 N–H and O–H groups in total. The molecule has 0 aromatic heterocycles. The molecule has 0 radical (unpaired) electrons. The normalized spacial score (nSPS) is 8.50. The number of rotatable bonds is 2. The molecule has 0 saturated carbocycles. The first kappa shape index (κ1) is 10.9. The highest BCUT2D eigenvalue weighted by Gasteiger charge is 1.74. The van der Waals surface area contributed by atoms with E-state index in [0.29, 0.717) is 5.75 Å². The van der Waals surface area contributed by atoms with Gasteiger partial charge < -0.3 is 15.4 Å². The zero-order chi connectivity index (χ0) is 9.23. The van der Waals surface area contributed by atoms with Gasteiger partial charge in [-0.25, -0.2) is 5.48 Å². The highest BCUT2D eigenvalue weighted by Crippen LogP contribution is 2.02. The minimum absolute atomic E-state index is 0.0174. The number of para-hydroxylation sites is 1. The molecule has 12 heavy (non-hydrogen) atoms. The van der Waals surface area contributed by atoms with Gasteiger partial charge in [0.25, 0.3) is 0 Å². The van der Waals surface area contributed by atoms with E-state index in [1.54, 1.807) is 29.7 Å². The van der Waals surface area contributed by atoms with Crippen LogP contribution < -0.4 is 5.48 Å². The van der Waals surface area contributed by atoms with E-state index >= 15 is 0 Å². The summed E-state index contributed by atoms with van der Waals surface area (Å²) in [6.45, 7) is 0.233. The van der Waals surface area contributed by atoms with Crippen molar-refractivity contribution in [3.63, 3.8) is 0 Å². The van der Waals surface area contributed by atoms with Gasteiger partial charge in [-0.3, -0.25) is 0 Å². The van der Waals surface area contributed by atoms with Gasteiger partial charge in [0, 0.05) is 6.54 Å². The van der Waals surface area contributed by atoms with Crippen LogP contribution in [0.4, 0.5) is 0 Å². The molecule has 68 valence electrons. The first-order valence-electron chi connectivity index (χ1n) is 3.53. The molecule has 0 fully saturated rings. The fraction of sp³-hybridized carbons (Fsp3) is 0.250. The Morgan fingerprint density at radius 3 is 1.92 bits per heavy atom. The Morgan fingerprint density at radius 2 is 1.75 bits per heavy atom. The van der Waals surface area contributed by atoms with E-state index in [2.05, 4.69) is 0 Å². The van der Waals surface area contributed by atoms with Gasteiger partial charge in [-0.2, -0.15) is 0 Å². The van der Waals surface area contributed by atoms with Gasteiger partial charge in [0.2, 0.25) is 0 Å². The molecule has 0 aliphatic carbocycles. The van der Waals surface area contributed by atoms with Gasteiger partial charge in [0.15, 0.2) is 0 Å². The van der Waals surface area contributed by atoms with Crippen LogP contribution in [0.3, 0.4) is 0 Å². The van der Waals surface area contributed by atoms with E-state index < -0.39 is 0 Å². The third kappa shape index (κ3) is 7.01. The molecule has 1 rings (SSSR count). The van der Waals surface area contributed by atoms with Crippen LogP contribution >= 0.6 is 0 Å². The summed E-state index contributed by atoms with van der Waals surface area (Å²) in [7, 11) is 0. The number of phenolic OH excluding ortho intramolecular Hbond substituents is 1. The number of aromatic hydroxyl groups is 1. The van der Waals surface area contributed by atoms with Crippen molar-refractivity contribution in [1.82, 2.24) is 5.48 Å². The summed E-state index contributed by atoms with van der Waals surface area (Å²) in [5.41, 5.74) is 1.77. The topological polar surface area (TPSA) is 72.7 Å². The molecule has 0 amide bonds. The van der Waals surface area contributed by atoms with E-state index in [9.17, 15) is 0 Å². The molecule has 0 unspecified atom stereocenters. The molecular weight excluding hydrogens is 158 g/mol. The Balaban J connectivity index is 0.000000217. The monoisotopic (exact) mass is 171 g/mol. The first-order valence-corrected chi connectivity index (χ1v) is 3.53. The number of aliphatic hydroxyl groups excluding tert-OH is 1. The van der Waals surface area contributed by atoms with E-state index in [0.717, 1.165) is 0 Å². The smallest absolute Gasteiger partial charge is 0.115 e. The van der Waals surface area contributed by atoms with E-state index in [4.69, 9.17) is 15.4 Å². The maximum atomic E-state index is 8.63. The molecule has 0 saturated heterocycles. The van der Waals surface area contributed by atoms with Gasteiger partial charge in [0.1, 0.15) is 5.75 Å². The number of hydroxylamine groups is 1. The number of nitrogens with one attached hydrogen (secondary N) is 1. The lowest BCUT2D eigenvalue weighted by Gasteiger charge is -1.83. The van der Waals surface area contributed by atoms with Crippen molar-refractivity contribution in [3.05, 3.63) is 30.3 Å². The minimum atomic E-state index is -0.0174. The molecule has 1 aromatic carbocycles. The van der Waals surface area contributed by atoms with Gasteiger partial charge in [-0.1, -0.05) is 18.2 Å². The van der Waals surface area contributed by atoms with Crippen LogP contribution in [0, 0.1) is 0 Å². The van der Waals surface area contributed by atoms with Crippen molar-refractivity contribution < 1.29 is 15.4 Å². The highest BCUT2D eigenvalue weighted by molar-refractivity contribution is 5.18. The Bertz CT molecular complexity index is 177. The number of hydrogen-bond acceptors (Lipinski definition) is 4. The second-order valence-corrected chi connectivity index (χ2v) is 1.97. The molecular formula is C8H13NO3. The van der Waals surface area contributed by atoms with E-state index in [1.807, 2.05) is 6.07 Å². The second-order valence-electron chi connectivity index (χ2n) is 1.97. The van der Waals surface area contributed by atoms with Crippen LogP contribution in [0.25, 0.3) is 0 Å². The second kappa shape index (κ2) is 8.00. The van der Waals surface area contributed by atoms with Crippen molar-refractivity contribution >= 4 is 0 Å². The molecule has 0 spiro atoms. The lowest BCUT2D eigenvalue weighted by Crippen LogP contribution is -2.11.